The van der Waals surface area contributed by atoms with Crippen molar-refractivity contribution in [1.82, 2.24) is 9.78 Å². The minimum absolute atomic E-state index is 0.266. The predicted molar refractivity (Wildman–Crippen MR) is 86.3 cm³/mol. The fourth-order valence-electron chi connectivity index (χ4n) is 2.42. The summed E-state index contributed by atoms with van der Waals surface area (Å²) < 4.78 is 12.2. The lowest BCUT2D eigenvalue weighted by molar-refractivity contribution is -0.129. The van der Waals surface area contributed by atoms with Gasteiger partial charge in [0.2, 0.25) is 5.90 Å². The van der Waals surface area contributed by atoms with Crippen LogP contribution < -0.4 is 4.74 Å². The Kier molecular flexibility index (Phi) is 3.73. The highest BCUT2D eigenvalue weighted by molar-refractivity contribution is 6.13. The molecule has 0 saturated carbocycles. The number of carbonyl (C=O) groups is 1. The second kappa shape index (κ2) is 5.72. The van der Waals surface area contributed by atoms with Crippen LogP contribution >= 0.6 is 0 Å². The molecule has 1 aromatic carbocycles. The lowest BCUT2D eigenvalue weighted by Gasteiger charge is -2.02. The molecule has 1 aliphatic heterocycles. The maximum atomic E-state index is 12.1. The molecule has 1 aliphatic rings. The third kappa shape index (κ3) is 2.75. The molecule has 2 heterocycles. The van der Waals surface area contributed by atoms with E-state index in [1.54, 1.807) is 23.9 Å². The van der Waals surface area contributed by atoms with Crippen LogP contribution in [0.4, 0.5) is 0 Å². The molecule has 0 radical (unpaired) electrons. The van der Waals surface area contributed by atoms with Gasteiger partial charge in [-0.3, -0.25) is 4.68 Å². The van der Waals surface area contributed by atoms with Crippen molar-refractivity contribution in [2.75, 3.05) is 7.11 Å². The molecule has 0 fully saturated rings. The molecular weight excluding hydrogens is 294 g/mol. The quantitative estimate of drug-likeness (QED) is 0.645. The minimum atomic E-state index is -0.467. The van der Waals surface area contributed by atoms with Crippen LogP contribution in [0.15, 0.2) is 35.0 Å². The highest BCUT2D eigenvalue weighted by atomic mass is 16.6. The number of rotatable bonds is 3. The van der Waals surface area contributed by atoms with Crippen molar-refractivity contribution in [3.05, 3.63) is 52.5 Å². The monoisotopic (exact) mass is 311 g/mol. The summed E-state index contributed by atoms with van der Waals surface area (Å²) in [6.07, 6.45) is 1.72. The Morgan fingerprint density at radius 1 is 1.30 bits per heavy atom. The molecule has 0 amide bonds. The Morgan fingerprint density at radius 3 is 2.74 bits per heavy atom. The highest BCUT2D eigenvalue weighted by Crippen LogP contribution is 2.23. The normalized spacial score (nSPS) is 15.7. The van der Waals surface area contributed by atoms with Gasteiger partial charge in [-0.25, -0.2) is 9.79 Å². The molecule has 118 valence electrons. The lowest BCUT2D eigenvalue weighted by atomic mass is 10.1. The van der Waals surface area contributed by atoms with Gasteiger partial charge in [-0.05, 0) is 38.1 Å². The van der Waals surface area contributed by atoms with E-state index >= 15 is 0 Å². The molecule has 0 unspecified atom stereocenters. The number of methoxy groups -OCH3 is 1. The van der Waals surface area contributed by atoms with Crippen LogP contribution in [0, 0.1) is 13.8 Å². The number of nitrogens with zero attached hydrogens (tertiary/aromatic N) is 3. The maximum absolute atomic E-state index is 12.1. The van der Waals surface area contributed by atoms with Gasteiger partial charge in [-0.15, -0.1) is 0 Å². The summed E-state index contributed by atoms with van der Waals surface area (Å²) in [5.74, 6) is 0.488. The Balaban J connectivity index is 1.99. The molecule has 6 nitrogen and oxygen atoms in total. The number of benzene rings is 1. The number of carbonyl (C=O) groups excluding carboxylic acids is 1. The van der Waals surface area contributed by atoms with Gasteiger partial charge in [0.15, 0.2) is 5.70 Å². The zero-order valence-corrected chi connectivity index (χ0v) is 13.5. The minimum Gasteiger partial charge on any atom is -0.497 e. The molecule has 0 aliphatic carbocycles. The van der Waals surface area contributed by atoms with Crippen molar-refractivity contribution in [3.63, 3.8) is 0 Å². The number of hydrogen-bond acceptors (Lipinski definition) is 5. The van der Waals surface area contributed by atoms with E-state index in [-0.39, 0.29) is 11.6 Å². The number of aromatic nitrogens is 2. The van der Waals surface area contributed by atoms with Gasteiger partial charge in [0, 0.05) is 23.9 Å². The molecule has 6 heteroatoms. The van der Waals surface area contributed by atoms with Gasteiger partial charge in [-0.1, -0.05) is 6.07 Å². The second-order valence-electron chi connectivity index (χ2n) is 5.28. The summed E-state index contributed by atoms with van der Waals surface area (Å²) in [5.41, 5.74) is 3.65. The van der Waals surface area contributed by atoms with Crippen LogP contribution in [0.3, 0.4) is 0 Å². The smallest absolute Gasteiger partial charge is 0.363 e. The van der Waals surface area contributed by atoms with Gasteiger partial charge in [0.1, 0.15) is 5.75 Å². The molecular formula is C17H17N3O3. The third-order valence-corrected chi connectivity index (χ3v) is 3.78. The van der Waals surface area contributed by atoms with E-state index in [4.69, 9.17) is 9.47 Å². The first-order chi connectivity index (χ1) is 11.0. The highest BCUT2D eigenvalue weighted by Gasteiger charge is 2.25. The average Bonchev–Trinajstić information content (AvgIpc) is 3.03. The van der Waals surface area contributed by atoms with E-state index in [9.17, 15) is 4.79 Å². The summed E-state index contributed by atoms with van der Waals surface area (Å²) >= 11 is 0. The fraction of sp³-hybridized carbons (Fsp3) is 0.235. The van der Waals surface area contributed by atoms with Crippen LogP contribution in [0.25, 0.3) is 6.08 Å². The lowest BCUT2D eigenvalue weighted by Crippen LogP contribution is -2.05. The van der Waals surface area contributed by atoms with Crippen LogP contribution in [-0.4, -0.2) is 28.8 Å². The first-order valence-corrected chi connectivity index (χ1v) is 7.17. The Bertz CT molecular complexity index is 847. The van der Waals surface area contributed by atoms with Gasteiger partial charge in [0.25, 0.3) is 0 Å². The zero-order chi connectivity index (χ0) is 16.6. The van der Waals surface area contributed by atoms with Crippen molar-refractivity contribution >= 4 is 17.9 Å². The van der Waals surface area contributed by atoms with E-state index in [0.717, 1.165) is 17.0 Å². The molecule has 0 atom stereocenters. The summed E-state index contributed by atoms with van der Waals surface area (Å²) in [5, 5.41) is 4.33. The van der Waals surface area contributed by atoms with Gasteiger partial charge in [0.05, 0.1) is 12.8 Å². The number of esters is 1. The van der Waals surface area contributed by atoms with E-state index in [1.165, 1.54) is 0 Å². The third-order valence-electron chi connectivity index (χ3n) is 3.78. The van der Waals surface area contributed by atoms with Crippen molar-refractivity contribution in [1.29, 1.82) is 0 Å². The Morgan fingerprint density at radius 2 is 2.09 bits per heavy atom. The number of ether oxygens (including phenoxy) is 2. The summed E-state index contributed by atoms with van der Waals surface area (Å²) in [6.45, 7) is 3.84. The zero-order valence-electron chi connectivity index (χ0n) is 13.5. The molecule has 0 N–H and O–H groups in total. The van der Waals surface area contributed by atoms with E-state index in [1.807, 2.05) is 39.1 Å². The molecule has 2 aromatic rings. The predicted octanol–water partition coefficient (Wildman–Crippen LogP) is 2.39. The first-order valence-electron chi connectivity index (χ1n) is 7.17. The van der Waals surface area contributed by atoms with Gasteiger partial charge < -0.3 is 9.47 Å². The van der Waals surface area contributed by atoms with Crippen molar-refractivity contribution in [2.45, 2.75) is 13.8 Å². The van der Waals surface area contributed by atoms with Gasteiger partial charge in [-0.2, -0.15) is 5.10 Å². The SMILES string of the molecule is COc1cccc(C2=N/C(=C/c3c(C)nn(C)c3C)C(=O)O2)c1. The topological polar surface area (TPSA) is 65.7 Å². The van der Waals surface area contributed by atoms with Crippen LogP contribution in [0.1, 0.15) is 22.5 Å². The average molecular weight is 311 g/mol. The number of aryl methyl sites for hydroxylation is 2. The van der Waals surface area contributed by atoms with E-state index < -0.39 is 5.97 Å². The van der Waals surface area contributed by atoms with Crippen molar-refractivity contribution in [2.24, 2.45) is 12.0 Å². The number of cyclic esters (lactones) is 1. The maximum Gasteiger partial charge on any atom is 0.363 e. The number of hydrogen-bond donors (Lipinski definition) is 0. The van der Waals surface area contributed by atoms with Crippen molar-refractivity contribution in [3.8, 4) is 5.75 Å². The van der Waals surface area contributed by atoms with Gasteiger partial charge >= 0.3 is 5.97 Å². The molecule has 0 spiro atoms. The summed E-state index contributed by atoms with van der Waals surface area (Å²) in [7, 11) is 3.45. The van der Waals surface area contributed by atoms with Crippen LogP contribution in [-0.2, 0) is 16.6 Å². The van der Waals surface area contributed by atoms with Crippen molar-refractivity contribution < 1.29 is 14.3 Å². The second-order valence-corrected chi connectivity index (χ2v) is 5.28. The van der Waals surface area contributed by atoms with E-state index in [2.05, 4.69) is 10.1 Å². The Hall–Kier alpha value is -2.89. The molecule has 0 saturated heterocycles. The fourth-order valence-corrected chi connectivity index (χ4v) is 2.42. The molecule has 1 aromatic heterocycles. The largest absolute Gasteiger partial charge is 0.497 e. The first kappa shape index (κ1) is 15.0. The molecule has 0 bridgehead atoms. The van der Waals surface area contributed by atoms with Crippen LogP contribution in [0.5, 0.6) is 5.75 Å². The van der Waals surface area contributed by atoms with Crippen LogP contribution in [0.2, 0.25) is 0 Å². The molecule has 3 rings (SSSR count). The number of aliphatic imine (C=N–C) groups is 1. The summed E-state index contributed by atoms with van der Waals surface area (Å²) in [6, 6.07) is 7.23. The standard InChI is InChI=1S/C17H17N3O3/c1-10-14(11(2)20(3)19-10)9-15-17(21)23-16(18-15)12-6-5-7-13(8-12)22-4/h5-9H,1-4H3/b15-9+. The Labute approximate surface area is 134 Å². The summed E-state index contributed by atoms with van der Waals surface area (Å²) in [4.78, 5) is 16.4. The molecule has 23 heavy (non-hydrogen) atoms. The van der Waals surface area contributed by atoms with E-state index in [0.29, 0.717) is 11.3 Å².